The summed E-state index contributed by atoms with van der Waals surface area (Å²) in [5.74, 6) is -0.0304. The van der Waals surface area contributed by atoms with Crippen molar-refractivity contribution in [2.24, 2.45) is 0 Å². The fourth-order valence-electron chi connectivity index (χ4n) is 3.40. The number of halogens is 1. The molecule has 0 saturated carbocycles. The summed E-state index contributed by atoms with van der Waals surface area (Å²) in [6.45, 7) is 6.36. The number of aryl methyl sites for hydroxylation is 3. The summed E-state index contributed by atoms with van der Waals surface area (Å²) in [5, 5.41) is 7.89. The smallest absolute Gasteiger partial charge is 0.248 e. The van der Waals surface area contributed by atoms with E-state index in [0.29, 0.717) is 18.0 Å². The minimum absolute atomic E-state index is 0.0304. The molecule has 7 heteroatoms. The van der Waals surface area contributed by atoms with Crippen molar-refractivity contribution in [2.45, 2.75) is 27.2 Å². The molecule has 2 aromatic heterocycles. The summed E-state index contributed by atoms with van der Waals surface area (Å²) >= 11 is 7.58. The Morgan fingerprint density at radius 1 is 1.06 bits per heavy atom. The summed E-state index contributed by atoms with van der Waals surface area (Å²) in [6, 6.07) is 17.8. The summed E-state index contributed by atoms with van der Waals surface area (Å²) < 4.78 is 1.49. The van der Waals surface area contributed by atoms with Crippen LogP contribution in [0.3, 0.4) is 0 Å². The number of thiazole rings is 1. The van der Waals surface area contributed by atoms with Gasteiger partial charge >= 0.3 is 0 Å². The van der Waals surface area contributed by atoms with Gasteiger partial charge in [-0.2, -0.15) is 5.10 Å². The van der Waals surface area contributed by atoms with E-state index in [1.165, 1.54) is 10.2 Å². The van der Waals surface area contributed by atoms with E-state index < -0.39 is 0 Å². The number of rotatable bonds is 6. The highest BCUT2D eigenvalue weighted by molar-refractivity contribution is 7.14. The van der Waals surface area contributed by atoms with Crippen LogP contribution in [0.5, 0.6) is 0 Å². The predicted octanol–water partition coefficient (Wildman–Crippen LogP) is 6.45. The molecule has 0 saturated heterocycles. The normalized spacial score (nSPS) is 11.0. The molecule has 0 N–H and O–H groups in total. The van der Waals surface area contributed by atoms with Crippen molar-refractivity contribution in [1.29, 1.82) is 0 Å². The van der Waals surface area contributed by atoms with E-state index in [2.05, 4.69) is 41.2 Å². The van der Waals surface area contributed by atoms with Gasteiger partial charge in [-0.3, -0.25) is 4.79 Å². The fourth-order valence-corrected chi connectivity index (χ4v) is 4.40. The largest absolute Gasteiger partial charge is 0.317 e. The number of anilines is 2. The molecule has 0 atom stereocenters. The Hall–Kier alpha value is -2.96. The molecule has 0 spiro atoms. The van der Waals surface area contributed by atoms with Gasteiger partial charge in [0.15, 0.2) is 5.13 Å². The van der Waals surface area contributed by atoms with Crippen LogP contribution in [-0.2, 0) is 0 Å². The van der Waals surface area contributed by atoms with E-state index in [9.17, 15) is 4.79 Å². The van der Waals surface area contributed by atoms with Crippen molar-refractivity contribution < 1.29 is 4.79 Å². The number of benzene rings is 2. The van der Waals surface area contributed by atoms with Gasteiger partial charge in [0.1, 0.15) is 0 Å². The van der Waals surface area contributed by atoms with Crippen molar-refractivity contribution in [2.75, 3.05) is 11.4 Å². The Morgan fingerprint density at radius 3 is 2.42 bits per heavy atom. The molecule has 31 heavy (non-hydrogen) atoms. The molecule has 0 bridgehead atoms. The maximum Gasteiger partial charge on any atom is 0.248 e. The molecule has 0 aliphatic heterocycles. The summed E-state index contributed by atoms with van der Waals surface area (Å²) in [5.41, 5.74) is 5.78. The van der Waals surface area contributed by atoms with Gasteiger partial charge in [-0.25, -0.2) is 9.67 Å². The molecule has 2 aromatic carbocycles. The molecule has 0 unspecified atom stereocenters. The van der Waals surface area contributed by atoms with E-state index in [4.69, 9.17) is 16.6 Å². The van der Waals surface area contributed by atoms with Crippen molar-refractivity contribution in [3.05, 3.63) is 82.0 Å². The lowest BCUT2D eigenvalue weighted by Crippen LogP contribution is -2.24. The van der Waals surface area contributed by atoms with Crippen LogP contribution in [0, 0.1) is 20.8 Å². The third-order valence-electron chi connectivity index (χ3n) is 5.00. The average molecular weight is 451 g/mol. The zero-order valence-electron chi connectivity index (χ0n) is 17.7. The second-order valence-corrected chi connectivity index (χ2v) is 8.77. The van der Waals surface area contributed by atoms with Gasteiger partial charge in [0.2, 0.25) is 5.91 Å². The van der Waals surface area contributed by atoms with Gasteiger partial charge in [-0.15, -0.1) is 11.3 Å². The van der Waals surface area contributed by atoms with Gasteiger partial charge in [0, 0.05) is 40.3 Å². The molecule has 5 nitrogen and oxygen atoms in total. The lowest BCUT2D eigenvalue weighted by molar-refractivity contribution is 0.0887. The monoisotopic (exact) mass is 450 g/mol. The first-order chi connectivity index (χ1) is 14.9. The zero-order chi connectivity index (χ0) is 22.0. The number of carbonyl (C=O) groups is 1. The number of nitrogens with zero attached hydrogens (tertiary/aromatic N) is 4. The zero-order valence-corrected chi connectivity index (χ0v) is 19.2. The van der Waals surface area contributed by atoms with Crippen LogP contribution in [-0.4, -0.2) is 27.2 Å². The van der Waals surface area contributed by atoms with E-state index in [0.717, 1.165) is 33.5 Å². The minimum Gasteiger partial charge on any atom is -0.317 e. The molecule has 0 aliphatic carbocycles. The van der Waals surface area contributed by atoms with Gasteiger partial charge in [-0.05, 0) is 51.1 Å². The van der Waals surface area contributed by atoms with Crippen LogP contribution >= 0.6 is 22.9 Å². The molecular weight excluding hydrogens is 428 g/mol. The van der Waals surface area contributed by atoms with Crippen molar-refractivity contribution >= 4 is 39.7 Å². The van der Waals surface area contributed by atoms with E-state index in [1.807, 2.05) is 49.6 Å². The quantitative estimate of drug-likeness (QED) is 0.338. The summed E-state index contributed by atoms with van der Waals surface area (Å²) in [7, 11) is 0. The van der Waals surface area contributed by atoms with Crippen LogP contribution < -0.4 is 4.90 Å². The van der Waals surface area contributed by atoms with Crippen LogP contribution in [0.25, 0.3) is 11.3 Å². The maximum atomic E-state index is 12.8. The first-order valence-electron chi connectivity index (χ1n) is 10.0. The lowest BCUT2D eigenvalue weighted by atomic mass is 10.2. The number of hydrogen-bond acceptors (Lipinski definition) is 5. The SMILES string of the molecule is Cc1ccc(N(CCC(=O)n2nc(C)cc2C)c2nc(-c3ccc(Cl)cc3)cs2)cc1. The van der Waals surface area contributed by atoms with Crippen LogP contribution in [0.4, 0.5) is 10.8 Å². The van der Waals surface area contributed by atoms with E-state index >= 15 is 0 Å². The first-order valence-corrected chi connectivity index (χ1v) is 11.3. The van der Waals surface area contributed by atoms with Gasteiger partial charge < -0.3 is 4.90 Å². The molecule has 0 fully saturated rings. The minimum atomic E-state index is -0.0304. The van der Waals surface area contributed by atoms with Crippen LogP contribution in [0.2, 0.25) is 5.02 Å². The molecule has 4 aromatic rings. The van der Waals surface area contributed by atoms with Crippen LogP contribution in [0.1, 0.15) is 28.2 Å². The van der Waals surface area contributed by atoms with Crippen LogP contribution in [0.15, 0.2) is 60.0 Å². The highest BCUT2D eigenvalue weighted by Crippen LogP contribution is 2.33. The second-order valence-electron chi connectivity index (χ2n) is 7.49. The Labute approximate surface area is 190 Å². The molecule has 0 aliphatic rings. The summed E-state index contributed by atoms with van der Waals surface area (Å²) in [4.78, 5) is 19.7. The molecule has 4 rings (SSSR count). The Bertz CT molecular complexity index is 1200. The molecule has 0 radical (unpaired) electrons. The maximum absolute atomic E-state index is 12.8. The average Bonchev–Trinajstić information content (AvgIpc) is 3.36. The Balaban J connectivity index is 1.60. The highest BCUT2D eigenvalue weighted by Gasteiger charge is 2.18. The third-order valence-corrected chi connectivity index (χ3v) is 6.12. The van der Waals surface area contributed by atoms with E-state index in [-0.39, 0.29) is 5.91 Å². The van der Waals surface area contributed by atoms with Gasteiger partial charge in [0.05, 0.1) is 11.4 Å². The second kappa shape index (κ2) is 9.04. The predicted molar refractivity (Wildman–Crippen MR) is 128 cm³/mol. The fraction of sp³-hybridized carbons (Fsp3) is 0.208. The van der Waals surface area contributed by atoms with Crippen molar-refractivity contribution in [1.82, 2.24) is 14.8 Å². The molecule has 2 heterocycles. The molecule has 158 valence electrons. The standard InChI is InChI=1S/C24H23ClN4OS/c1-16-4-10-21(11-5-16)28(13-12-23(30)29-18(3)14-17(2)27-29)24-26-22(15-31-24)19-6-8-20(25)9-7-19/h4-11,14-15H,12-13H2,1-3H3. The highest BCUT2D eigenvalue weighted by atomic mass is 35.5. The van der Waals surface area contributed by atoms with E-state index in [1.54, 1.807) is 11.3 Å². The Morgan fingerprint density at radius 2 is 1.77 bits per heavy atom. The Kier molecular flexibility index (Phi) is 6.20. The van der Waals surface area contributed by atoms with Crippen molar-refractivity contribution in [3.63, 3.8) is 0 Å². The lowest BCUT2D eigenvalue weighted by Gasteiger charge is -2.22. The topological polar surface area (TPSA) is 51.0 Å². The van der Waals surface area contributed by atoms with Gasteiger partial charge in [0.25, 0.3) is 0 Å². The first kappa shape index (κ1) is 21.3. The summed E-state index contributed by atoms with van der Waals surface area (Å²) in [6.07, 6.45) is 0.325. The molecular formula is C24H23ClN4OS. The third kappa shape index (κ3) is 4.86. The number of aromatic nitrogens is 3. The van der Waals surface area contributed by atoms with Crippen molar-refractivity contribution in [3.8, 4) is 11.3 Å². The number of hydrogen-bond donors (Lipinski definition) is 0. The number of carbonyl (C=O) groups excluding carboxylic acids is 1. The van der Waals surface area contributed by atoms with Gasteiger partial charge in [-0.1, -0.05) is 41.4 Å². The molecule has 0 amide bonds.